The lowest BCUT2D eigenvalue weighted by atomic mass is 9.77. The molecule has 12 heavy (non-hydrogen) atoms. The maximum Gasteiger partial charge on any atom is 0.0743 e. The van der Waals surface area contributed by atoms with Gasteiger partial charge >= 0.3 is 0 Å². The molecule has 2 heterocycles. The molecule has 0 aliphatic carbocycles. The summed E-state index contributed by atoms with van der Waals surface area (Å²) in [6, 6.07) is 0. The zero-order valence-electron chi connectivity index (χ0n) is 7.22. The van der Waals surface area contributed by atoms with Gasteiger partial charge in [0.05, 0.1) is 12.7 Å². The lowest BCUT2D eigenvalue weighted by molar-refractivity contribution is -0.0425. The predicted molar refractivity (Wildman–Crippen MR) is 55.7 cm³/mol. The summed E-state index contributed by atoms with van der Waals surface area (Å²) in [5, 5.41) is 0. The molecule has 2 atom stereocenters. The van der Waals surface area contributed by atoms with E-state index in [0.717, 1.165) is 24.2 Å². The molecule has 2 unspecified atom stereocenters. The average Bonchev–Trinajstić information content (AvgIpc) is 2.49. The van der Waals surface area contributed by atoms with E-state index in [4.69, 9.17) is 9.47 Å². The van der Waals surface area contributed by atoms with E-state index in [9.17, 15) is 0 Å². The van der Waals surface area contributed by atoms with E-state index in [2.05, 4.69) is 22.6 Å². The molecule has 0 aromatic rings. The second kappa shape index (κ2) is 3.80. The minimum atomic E-state index is 0.388. The molecule has 70 valence electrons. The van der Waals surface area contributed by atoms with Crippen LogP contribution in [0.25, 0.3) is 0 Å². The Balaban J connectivity index is 2.05. The van der Waals surface area contributed by atoms with Gasteiger partial charge < -0.3 is 9.47 Å². The Morgan fingerprint density at radius 2 is 2.25 bits per heavy atom. The molecular weight excluding hydrogens is 267 g/mol. The second-order valence-electron chi connectivity index (χ2n) is 3.78. The average molecular weight is 282 g/mol. The molecule has 2 saturated heterocycles. The van der Waals surface area contributed by atoms with E-state index in [-0.39, 0.29) is 0 Å². The molecule has 2 fully saturated rings. The third kappa shape index (κ3) is 1.51. The largest absolute Gasteiger partial charge is 0.381 e. The van der Waals surface area contributed by atoms with E-state index < -0.39 is 0 Å². The maximum absolute atomic E-state index is 5.71. The van der Waals surface area contributed by atoms with Gasteiger partial charge in [0.25, 0.3) is 0 Å². The van der Waals surface area contributed by atoms with Gasteiger partial charge in [-0.05, 0) is 19.3 Å². The predicted octanol–water partition coefficient (Wildman–Crippen LogP) is 2.01. The topological polar surface area (TPSA) is 18.5 Å². The first-order valence-electron chi connectivity index (χ1n) is 4.63. The van der Waals surface area contributed by atoms with E-state index >= 15 is 0 Å². The van der Waals surface area contributed by atoms with Gasteiger partial charge in [-0.15, -0.1) is 0 Å². The highest BCUT2D eigenvalue weighted by atomic mass is 127. The quantitative estimate of drug-likeness (QED) is 0.541. The van der Waals surface area contributed by atoms with Crippen molar-refractivity contribution >= 4 is 22.6 Å². The minimum Gasteiger partial charge on any atom is -0.381 e. The van der Waals surface area contributed by atoms with Crippen LogP contribution in [0, 0.1) is 5.41 Å². The molecule has 2 aliphatic rings. The van der Waals surface area contributed by atoms with E-state index in [1.54, 1.807) is 0 Å². The molecule has 0 aromatic carbocycles. The molecule has 0 bridgehead atoms. The fourth-order valence-corrected chi connectivity index (χ4v) is 3.46. The van der Waals surface area contributed by atoms with Crippen molar-refractivity contribution in [2.75, 3.05) is 24.2 Å². The highest BCUT2D eigenvalue weighted by molar-refractivity contribution is 14.1. The van der Waals surface area contributed by atoms with Gasteiger partial charge in [-0.2, -0.15) is 0 Å². The van der Waals surface area contributed by atoms with E-state index in [0.29, 0.717) is 11.5 Å². The Labute approximate surface area is 87.1 Å². The number of hydrogen-bond acceptors (Lipinski definition) is 2. The highest BCUT2D eigenvalue weighted by Gasteiger charge is 2.44. The van der Waals surface area contributed by atoms with Crippen LogP contribution in [-0.4, -0.2) is 30.4 Å². The zero-order valence-corrected chi connectivity index (χ0v) is 9.38. The highest BCUT2D eigenvalue weighted by Crippen LogP contribution is 2.42. The van der Waals surface area contributed by atoms with Gasteiger partial charge in [-0.1, -0.05) is 22.6 Å². The van der Waals surface area contributed by atoms with Crippen molar-refractivity contribution in [2.24, 2.45) is 5.41 Å². The lowest BCUT2D eigenvalue weighted by Crippen LogP contribution is -2.39. The summed E-state index contributed by atoms with van der Waals surface area (Å²) in [5.41, 5.74) is 0.388. The van der Waals surface area contributed by atoms with Crippen molar-refractivity contribution in [2.45, 2.75) is 25.4 Å². The van der Waals surface area contributed by atoms with Gasteiger partial charge in [-0.25, -0.2) is 0 Å². The van der Waals surface area contributed by atoms with Crippen LogP contribution in [0.2, 0.25) is 0 Å². The van der Waals surface area contributed by atoms with Gasteiger partial charge in [0.1, 0.15) is 0 Å². The molecular formula is C9H15IO2. The number of hydrogen-bond donors (Lipinski definition) is 0. The summed E-state index contributed by atoms with van der Waals surface area (Å²) in [6.45, 7) is 2.83. The third-order valence-corrected chi connectivity index (χ3v) is 3.89. The molecule has 2 aliphatic heterocycles. The molecule has 1 spiro atoms. The first-order chi connectivity index (χ1) is 5.87. The fraction of sp³-hybridized carbons (Fsp3) is 1.00. The normalized spacial score (nSPS) is 42.2. The number of rotatable bonds is 1. The SMILES string of the molecule is ICC1OCCC12CCCOC2. The Morgan fingerprint density at radius 1 is 1.33 bits per heavy atom. The summed E-state index contributed by atoms with van der Waals surface area (Å²) in [7, 11) is 0. The van der Waals surface area contributed by atoms with Crippen molar-refractivity contribution < 1.29 is 9.47 Å². The van der Waals surface area contributed by atoms with Gasteiger partial charge in [0.15, 0.2) is 0 Å². The molecule has 0 N–H and O–H groups in total. The van der Waals surface area contributed by atoms with Crippen molar-refractivity contribution in [3.8, 4) is 0 Å². The van der Waals surface area contributed by atoms with Crippen molar-refractivity contribution in [3.63, 3.8) is 0 Å². The standard InChI is InChI=1S/C9H15IO2/c10-6-8-9(3-5-12-8)2-1-4-11-7-9/h8H,1-7H2. The lowest BCUT2D eigenvalue weighted by Gasteiger charge is -2.36. The molecule has 2 nitrogen and oxygen atoms in total. The summed E-state index contributed by atoms with van der Waals surface area (Å²) in [4.78, 5) is 0. The molecule has 0 aromatic heterocycles. The fourth-order valence-electron chi connectivity index (χ4n) is 2.28. The van der Waals surface area contributed by atoms with Gasteiger partial charge in [0, 0.05) is 23.1 Å². The summed E-state index contributed by atoms with van der Waals surface area (Å²) < 4.78 is 12.4. The second-order valence-corrected chi connectivity index (χ2v) is 4.66. The molecule has 0 saturated carbocycles. The van der Waals surface area contributed by atoms with Crippen LogP contribution in [0.3, 0.4) is 0 Å². The first kappa shape index (κ1) is 9.21. The van der Waals surface area contributed by atoms with E-state index in [1.165, 1.54) is 19.3 Å². The van der Waals surface area contributed by atoms with Crippen LogP contribution in [0.1, 0.15) is 19.3 Å². The smallest absolute Gasteiger partial charge is 0.0743 e. The summed E-state index contributed by atoms with van der Waals surface area (Å²) in [6.07, 6.45) is 4.19. The van der Waals surface area contributed by atoms with Gasteiger partial charge in [-0.3, -0.25) is 0 Å². The van der Waals surface area contributed by atoms with E-state index in [1.807, 2.05) is 0 Å². The van der Waals surface area contributed by atoms with Crippen molar-refractivity contribution in [3.05, 3.63) is 0 Å². The Kier molecular flexibility index (Phi) is 2.92. The minimum absolute atomic E-state index is 0.388. The van der Waals surface area contributed by atoms with Crippen LogP contribution in [0.15, 0.2) is 0 Å². The van der Waals surface area contributed by atoms with Crippen LogP contribution in [0.4, 0.5) is 0 Å². The van der Waals surface area contributed by atoms with Crippen LogP contribution >= 0.6 is 22.6 Å². The summed E-state index contributed by atoms with van der Waals surface area (Å²) >= 11 is 2.42. The third-order valence-electron chi connectivity index (χ3n) is 3.10. The van der Waals surface area contributed by atoms with Crippen LogP contribution < -0.4 is 0 Å². The van der Waals surface area contributed by atoms with Crippen molar-refractivity contribution in [1.29, 1.82) is 0 Å². The number of halogens is 1. The zero-order chi connectivity index (χ0) is 8.44. The molecule has 2 rings (SSSR count). The summed E-state index contributed by atoms with van der Waals surface area (Å²) in [5.74, 6) is 0. The van der Waals surface area contributed by atoms with Crippen molar-refractivity contribution in [1.82, 2.24) is 0 Å². The number of alkyl halides is 1. The monoisotopic (exact) mass is 282 g/mol. The molecule has 0 amide bonds. The van der Waals surface area contributed by atoms with Gasteiger partial charge in [0.2, 0.25) is 0 Å². The Hall–Kier alpha value is 0.650. The molecule has 3 heteroatoms. The Morgan fingerprint density at radius 3 is 2.92 bits per heavy atom. The maximum atomic E-state index is 5.71. The Bertz CT molecular complexity index is 155. The first-order valence-corrected chi connectivity index (χ1v) is 6.15. The van der Waals surface area contributed by atoms with Crippen LogP contribution in [-0.2, 0) is 9.47 Å². The molecule has 0 radical (unpaired) electrons. The number of ether oxygens (including phenoxy) is 2. The van der Waals surface area contributed by atoms with Crippen LogP contribution in [0.5, 0.6) is 0 Å².